The predicted molar refractivity (Wildman–Crippen MR) is 73.0 cm³/mol. The minimum Gasteiger partial charge on any atom is -0.545 e. The van der Waals surface area contributed by atoms with E-state index in [4.69, 9.17) is 11.6 Å². The van der Waals surface area contributed by atoms with E-state index >= 15 is 0 Å². The number of sulfonamides is 1. The summed E-state index contributed by atoms with van der Waals surface area (Å²) in [5, 5.41) is 11.0. The monoisotopic (exact) mass is 310 g/mol. The zero-order chi connectivity index (χ0) is 14.8. The topological polar surface area (TPSA) is 86.3 Å². The molecule has 0 fully saturated rings. The lowest BCUT2D eigenvalue weighted by Gasteiger charge is -2.09. The zero-order valence-corrected chi connectivity index (χ0v) is 11.6. The molecule has 0 radical (unpaired) electrons. The molecule has 2 rings (SSSR count). The Kier molecular flexibility index (Phi) is 3.96. The lowest BCUT2D eigenvalue weighted by molar-refractivity contribution is -0.255. The van der Waals surface area contributed by atoms with E-state index in [0.717, 1.165) is 0 Å². The quantitative estimate of drug-likeness (QED) is 0.927. The van der Waals surface area contributed by atoms with E-state index in [9.17, 15) is 18.3 Å². The summed E-state index contributed by atoms with van der Waals surface area (Å²) < 4.78 is 26.4. The molecular formula is C13H9ClNO4S-. The Bertz CT molecular complexity index is 724. The number of hydrogen-bond donors (Lipinski definition) is 1. The Hall–Kier alpha value is -2.05. The second-order valence-corrected chi connectivity index (χ2v) is 6.04. The second kappa shape index (κ2) is 5.52. The first-order valence-electron chi connectivity index (χ1n) is 5.48. The molecule has 0 aliphatic rings. The standard InChI is InChI=1S/C13H10ClNO4S/c14-10-3-7-12(8-4-10)20(18,19)15-11-5-1-9(2-6-11)13(16)17/h1-8,15H,(H,16,17)/p-1. The Balaban J connectivity index is 2.24. The number of anilines is 1. The van der Waals surface area contributed by atoms with Gasteiger partial charge in [0.05, 0.1) is 10.9 Å². The second-order valence-electron chi connectivity index (χ2n) is 3.92. The molecule has 0 bridgehead atoms. The Morgan fingerprint density at radius 3 is 2.05 bits per heavy atom. The molecule has 20 heavy (non-hydrogen) atoms. The molecule has 0 amide bonds. The van der Waals surface area contributed by atoms with Gasteiger partial charge in [-0.2, -0.15) is 0 Å². The van der Waals surface area contributed by atoms with Crippen LogP contribution in [0.5, 0.6) is 0 Å². The van der Waals surface area contributed by atoms with Crippen molar-refractivity contribution in [3.63, 3.8) is 0 Å². The average Bonchev–Trinajstić information content (AvgIpc) is 2.39. The molecular weight excluding hydrogens is 302 g/mol. The minimum absolute atomic E-state index is 0.0283. The fourth-order valence-corrected chi connectivity index (χ4v) is 2.69. The van der Waals surface area contributed by atoms with Gasteiger partial charge in [0.25, 0.3) is 10.0 Å². The summed E-state index contributed by atoms with van der Waals surface area (Å²) in [5.74, 6) is -1.32. The molecule has 0 saturated carbocycles. The smallest absolute Gasteiger partial charge is 0.261 e. The van der Waals surface area contributed by atoms with E-state index in [2.05, 4.69) is 4.72 Å². The summed E-state index contributed by atoms with van der Waals surface area (Å²) >= 11 is 5.69. The number of rotatable bonds is 4. The first-order valence-corrected chi connectivity index (χ1v) is 7.34. The van der Waals surface area contributed by atoms with Gasteiger partial charge in [0.15, 0.2) is 0 Å². The number of carbonyl (C=O) groups is 1. The molecule has 0 heterocycles. The first kappa shape index (κ1) is 14.4. The molecule has 0 spiro atoms. The van der Waals surface area contributed by atoms with Crippen molar-refractivity contribution < 1.29 is 18.3 Å². The molecule has 0 aromatic heterocycles. The highest BCUT2D eigenvalue weighted by atomic mass is 35.5. The van der Waals surface area contributed by atoms with Crippen LogP contribution < -0.4 is 9.83 Å². The van der Waals surface area contributed by atoms with Crippen molar-refractivity contribution in [3.8, 4) is 0 Å². The van der Waals surface area contributed by atoms with Crippen LogP contribution in [0.3, 0.4) is 0 Å². The predicted octanol–water partition coefficient (Wildman–Crippen LogP) is 1.50. The van der Waals surface area contributed by atoms with Crippen molar-refractivity contribution in [1.29, 1.82) is 0 Å². The van der Waals surface area contributed by atoms with Gasteiger partial charge in [-0.3, -0.25) is 4.72 Å². The molecule has 104 valence electrons. The van der Waals surface area contributed by atoms with E-state index in [1.54, 1.807) is 0 Å². The van der Waals surface area contributed by atoms with Crippen molar-refractivity contribution in [3.05, 3.63) is 59.1 Å². The largest absolute Gasteiger partial charge is 0.545 e. The zero-order valence-electron chi connectivity index (χ0n) is 10.0. The number of carboxylic acid groups (broad SMARTS) is 1. The van der Waals surface area contributed by atoms with E-state index in [1.807, 2.05) is 0 Å². The first-order chi connectivity index (χ1) is 9.38. The molecule has 0 unspecified atom stereocenters. The number of carboxylic acids is 1. The Morgan fingerprint density at radius 1 is 1.00 bits per heavy atom. The summed E-state index contributed by atoms with van der Waals surface area (Å²) in [6.07, 6.45) is 0. The van der Waals surface area contributed by atoms with Gasteiger partial charge < -0.3 is 9.90 Å². The van der Waals surface area contributed by atoms with Gasteiger partial charge in [0, 0.05) is 10.7 Å². The summed E-state index contributed by atoms with van der Waals surface area (Å²) in [4.78, 5) is 10.6. The molecule has 0 saturated heterocycles. The van der Waals surface area contributed by atoms with Crippen LogP contribution in [0.2, 0.25) is 5.02 Å². The third kappa shape index (κ3) is 3.28. The van der Waals surface area contributed by atoms with Gasteiger partial charge >= 0.3 is 0 Å². The van der Waals surface area contributed by atoms with Crippen molar-refractivity contribution >= 4 is 33.3 Å². The number of aromatic carboxylic acids is 1. The molecule has 0 aliphatic heterocycles. The SMILES string of the molecule is O=C([O-])c1ccc(NS(=O)(=O)c2ccc(Cl)cc2)cc1. The van der Waals surface area contributed by atoms with E-state index in [0.29, 0.717) is 5.02 Å². The number of carbonyl (C=O) groups excluding carboxylic acids is 1. The van der Waals surface area contributed by atoms with E-state index < -0.39 is 16.0 Å². The number of nitrogens with one attached hydrogen (secondary N) is 1. The highest BCUT2D eigenvalue weighted by molar-refractivity contribution is 7.92. The van der Waals surface area contributed by atoms with Gasteiger partial charge in [-0.15, -0.1) is 0 Å². The van der Waals surface area contributed by atoms with Gasteiger partial charge in [0.1, 0.15) is 0 Å². The van der Waals surface area contributed by atoms with Crippen LogP contribution in [-0.4, -0.2) is 14.4 Å². The lowest BCUT2D eigenvalue weighted by atomic mass is 10.2. The maximum absolute atomic E-state index is 12.0. The third-order valence-electron chi connectivity index (χ3n) is 2.50. The number of halogens is 1. The summed E-state index contributed by atoms with van der Waals surface area (Å²) in [6.45, 7) is 0. The molecule has 2 aromatic rings. The number of hydrogen-bond acceptors (Lipinski definition) is 4. The highest BCUT2D eigenvalue weighted by Crippen LogP contribution is 2.18. The van der Waals surface area contributed by atoms with Crippen molar-refractivity contribution in [2.75, 3.05) is 4.72 Å². The van der Waals surface area contributed by atoms with Gasteiger partial charge in [-0.05, 0) is 42.0 Å². The van der Waals surface area contributed by atoms with Crippen LogP contribution in [0.1, 0.15) is 10.4 Å². The third-order valence-corrected chi connectivity index (χ3v) is 4.15. The van der Waals surface area contributed by atoms with Gasteiger partial charge in [-0.1, -0.05) is 23.7 Å². The van der Waals surface area contributed by atoms with Crippen LogP contribution >= 0.6 is 11.6 Å². The molecule has 5 nitrogen and oxygen atoms in total. The van der Waals surface area contributed by atoms with E-state index in [1.165, 1.54) is 48.5 Å². The molecule has 0 atom stereocenters. The maximum atomic E-state index is 12.0. The summed E-state index contributed by atoms with van der Waals surface area (Å²) in [5.41, 5.74) is 0.226. The van der Waals surface area contributed by atoms with Crippen LogP contribution in [0.15, 0.2) is 53.4 Å². The minimum atomic E-state index is -3.73. The van der Waals surface area contributed by atoms with Gasteiger partial charge in [-0.25, -0.2) is 8.42 Å². The Morgan fingerprint density at radius 2 is 1.55 bits per heavy atom. The van der Waals surface area contributed by atoms with Crippen LogP contribution in [0.4, 0.5) is 5.69 Å². The fraction of sp³-hybridized carbons (Fsp3) is 0. The van der Waals surface area contributed by atoms with Crippen molar-refractivity contribution in [2.24, 2.45) is 0 Å². The van der Waals surface area contributed by atoms with Crippen molar-refractivity contribution in [1.82, 2.24) is 0 Å². The summed E-state index contributed by atoms with van der Waals surface area (Å²) in [7, 11) is -3.73. The summed E-state index contributed by atoms with van der Waals surface area (Å²) in [6, 6.07) is 10.9. The average molecular weight is 311 g/mol. The van der Waals surface area contributed by atoms with Gasteiger partial charge in [0.2, 0.25) is 0 Å². The molecule has 2 aromatic carbocycles. The molecule has 7 heteroatoms. The maximum Gasteiger partial charge on any atom is 0.261 e. The Labute approximate surface area is 120 Å². The van der Waals surface area contributed by atoms with Crippen LogP contribution in [0.25, 0.3) is 0 Å². The molecule has 0 aliphatic carbocycles. The normalized spacial score (nSPS) is 11.1. The van der Waals surface area contributed by atoms with Crippen LogP contribution in [0, 0.1) is 0 Å². The lowest BCUT2D eigenvalue weighted by Crippen LogP contribution is -2.22. The van der Waals surface area contributed by atoms with Crippen LogP contribution in [-0.2, 0) is 10.0 Å². The molecule has 1 N–H and O–H groups in total. The van der Waals surface area contributed by atoms with E-state index in [-0.39, 0.29) is 16.1 Å². The van der Waals surface area contributed by atoms with Crippen molar-refractivity contribution in [2.45, 2.75) is 4.90 Å². The fourth-order valence-electron chi connectivity index (χ4n) is 1.50. The number of benzene rings is 2. The highest BCUT2D eigenvalue weighted by Gasteiger charge is 2.13.